The van der Waals surface area contributed by atoms with E-state index >= 15 is 0 Å². The van der Waals surface area contributed by atoms with Crippen LogP contribution in [0, 0.1) is 0 Å². The Morgan fingerprint density at radius 3 is 2.61 bits per heavy atom. The average molecular weight is 424 g/mol. The predicted molar refractivity (Wildman–Crippen MR) is 116 cm³/mol. The minimum absolute atomic E-state index is 0.172. The summed E-state index contributed by atoms with van der Waals surface area (Å²) in [4.78, 5) is 39.4. The summed E-state index contributed by atoms with van der Waals surface area (Å²) >= 11 is 0. The van der Waals surface area contributed by atoms with Crippen molar-refractivity contribution < 1.29 is 23.9 Å². The maximum Gasteiger partial charge on any atom is 0.308 e. The van der Waals surface area contributed by atoms with E-state index in [1.54, 1.807) is 24.3 Å². The smallest absolute Gasteiger partial charge is 0.308 e. The van der Waals surface area contributed by atoms with E-state index in [9.17, 15) is 14.4 Å². The van der Waals surface area contributed by atoms with Crippen LogP contribution in [-0.2, 0) is 20.9 Å². The SMILES string of the molecule is CCCCOC(=O)C[C@H]1C(=O)NCCN1C(=O)c1ccccc1OCc1ccccc1. The number of amides is 2. The van der Waals surface area contributed by atoms with Crippen molar-refractivity contribution in [1.82, 2.24) is 10.2 Å². The molecule has 2 aromatic carbocycles. The molecule has 2 amide bonds. The molecule has 164 valence electrons. The van der Waals surface area contributed by atoms with Crippen LogP contribution in [0.2, 0.25) is 0 Å². The van der Waals surface area contributed by atoms with Crippen molar-refractivity contribution >= 4 is 17.8 Å². The van der Waals surface area contributed by atoms with Gasteiger partial charge in [0.05, 0.1) is 18.6 Å². The van der Waals surface area contributed by atoms with Crippen molar-refractivity contribution in [3.05, 3.63) is 65.7 Å². The highest BCUT2D eigenvalue weighted by Gasteiger charge is 2.36. The number of ether oxygens (including phenoxy) is 2. The number of nitrogens with zero attached hydrogens (tertiary/aromatic N) is 1. The maximum absolute atomic E-state index is 13.3. The van der Waals surface area contributed by atoms with E-state index < -0.39 is 12.0 Å². The second kappa shape index (κ2) is 11.2. The Balaban J connectivity index is 1.73. The third kappa shape index (κ3) is 6.07. The summed E-state index contributed by atoms with van der Waals surface area (Å²) in [5.74, 6) is -0.742. The summed E-state index contributed by atoms with van der Waals surface area (Å²) in [6.07, 6.45) is 1.49. The molecule has 0 saturated carbocycles. The van der Waals surface area contributed by atoms with Crippen LogP contribution < -0.4 is 10.1 Å². The van der Waals surface area contributed by atoms with Crippen molar-refractivity contribution in [1.29, 1.82) is 0 Å². The highest BCUT2D eigenvalue weighted by molar-refractivity contribution is 6.01. The first kappa shape index (κ1) is 22.3. The lowest BCUT2D eigenvalue weighted by Gasteiger charge is -2.34. The molecule has 0 bridgehead atoms. The monoisotopic (exact) mass is 424 g/mol. The minimum Gasteiger partial charge on any atom is -0.488 e. The summed E-state index contributed by atoms with van der Waals surface area (Å²) in [7, 11) is 0. The molecule has 7 nitrogen and oxygen atoms in total. The molecule has 0 aromatic heterocycles. The lowest BCUT2D eigenvalue weighted by Crippen LogP contribution is -2.57. The Morgan fingerprint density at radius 2 is 1.84 bits per heavy atom. The molecule has 0 spiro atoms. The fourth-order valence-corrected chi connectivity index (χ4v) is 3.37. The highest BCUT2D eigenvalue weighted by Crippen LogP contribution is 2.23. The fraction of sp³-hybridized carbons (Fsp3) is 0.375. The van der Waals surface area contributed by atoms with Crippen LogP contribution in [0.3, 0.4) is 0 Å². The van der Waals surface area contributed by atoms with Gasteiger partial charge in [0.25, 0.3) is 5.91 Å². The molecule has 0 radical (unpaired) electrons. The number of para-hydroxylation sites is 1. The van der Waals surface area contributed by atoms with Gasteiger partial charge in [-0.25, -0.2) is 0 Å². The highest BCUT2D eigenvalue weighted by atomic mass is 16.5. The van der Waals surface area contributed by atoms with Crippen molar-refractivity contribution in [3.8, 4) is 5.75 Å². The number of nitrogens with one attached hydrogen (secondary N) is 1. The maximum atomic E-state index is 13.3. The largest absolute Gasteiger partial charge is 0.488 e. The first-order valence-electron chi connectivity index (χ1n) is 10.6. The standard InChI is InChI=1S/C24H28N2O5/c1-2-3-15-30-22(27)16-20-23(28)25-13-14-26(20)24(29)19-11-7-8-12-21(19)31-17-18-9-5-4-6-10-18/h4-12,20H,2-3,13-17H2,1H3,(H,25,28)/t20-/m0/s1. The molecule has 1 aliphatic heterocycles. The summed E-state index contributed by atoms with van der Waals surface area (Å²) in [6.45, 7) is 3.27. The molecule has 7 heteroatoms. The number of hydrogen-bond donors (Lipinski definition) is 1. The second-order valence-electron chi connectivity index (χ2n) is 7.35. The zero-order valence-corrected chi connectivity index (χ0v) is 17.7. The Kier molecular flexibility index (Phi) is 8.04. The van der Waals surface area contributed by atoms with E-state index in [-0.39, 0.29) is 18.2 Å². The van der Waals surface area contributed by atoms with Gasteiger partial charge < -0.3 is 19.7 Å². The van der Waals surface area contributed by atoms with Gasteiger partial charge in [0, 0.05) is 13.1 Å². The van der Waals surface area contributed by atoms with Gasteiger partial charge in [0.15, 0.2) is 0 Å². The van der Waals surface area contributed by atoms with Gasteiger partial charge in [0.2, 0.25) is 5.91 Å². The van der Waals surface area contributed by atoms with Gasteiger partial charge >= 0.3 is 5.97 Å². The number of piperazine rings is 1. The number of esters is 1. The topological polar surface area (TPSA) is 84.9 Å². The van der Waals surface area contributed by atoms with E-state index in [0.29, 0.717) is 37.6 Å². The van der Waals surface area contributed by atoms with Crippen molar-refractivity contribution in [2.75, 3.05) is 19.7 Å². The van der Waals surface area contributed by atoms with E-state index in [1.807, 2.05) is 37.3 Å². The molecule has 31 heavy (non-hydrogen) atoms. The Labute approximate surface area is 182 Å². The number of hydrogen-bond acceptors (Lipinski definition) is 5. The zero-order chi connectivity index (χ0) is 22.1. The van der Waals surface area contributed by atoms with Crippen molar-refractivity contribution in [3.63, 3.8) is 0 Å². The first-order chi connectivity index (χ1) is 15.1. The molecule has 1 saturated heterocycles. The molecule has 1 fully saturated rings. The molecule has 2 aromatic rings. The van der Waals surface area contributed by atoms with Gasteiger partial charge in [-0.1, -0.05) is 55.8 Å². The second-order valence-corrected chi connectivity index (χ2v) is 7.35. The number of rotatable bonds is 9. The molecule has 1 heterocycles. The van der Waals surface area contributed by atoms with Crippen molar-refractivity contribution in [2.24, 2.45) is 0 Å². The van der Waals surface area contributed by atoms with Gasteiger partial charge in [-0.3, -0.25) is 14.4 Å². The molecule has 1 N–H and O–H groups in total. The molecule has 0 aliphatic carbocycles. The summed E-state index contributed by atoms with van der Waals surface area (Å²) in [5.41, 5.74) is 1.34. The fourth-order valence-electron chi connectivity index (χ4n) is 3.37. The summed E-state index contributed by atoms with van der Waals surface area (Å²) in [6, 6.07) is 15.7. The van der Waals surface area contributed by atoms with Crippen molar-refractivity contribution in [2.45, 2.75) is 38.8 Å². The molecular formula is C24H28N2O5. The van der Waals surface area contributed by atoms with E-state index in [1.165, 1.54) is 4.90 Å². The average Bonchev–Trinajstić information content (AvgIpc) is 2.79. The summed E-state index contributed by atoms with van der Waals surface area (Å²) in [5, 5.41) is 2.73. The Hall–Kier alpha value is -3.35. The van der Waals surface area contributed by atoms with Crippen LogP contribution in [0.5, 0.6) is 5.75 Å². The predicted octanol–water partition coefficient (Wildman–Crippen LogP) is 2.94. The van der Waals surface area contributed by atoms with Crippen LogP contribution in [0.1, 0.15) is 42.1 Å². The molecule has 1 atom stereocenters. The minimum atomic E-state index is -0.905. The van der Waals surface area contributed by atoms with E-state index in [4.69, 9.17) is 9.47 Å². The number of carbonyl (C=O) groups excluding carboxylic acids is 3. The van der Waals surface area contributed by atoms with E-state index in [0.717, 1.165) is 18.4 Å². The van der Waals surface area contributed by atoms with Crippen LogP contribution in [0.25, 0.3) is 0 Å². The first-order valence-corrected chi connectivity index (χ1v) is 10.6. The Bertz CT molecular complexity index is 900. The Morgan fingerprint density at radius 1 is 1.10 bits per heavy atom. The molecule has 1 aliphatic rings. The van der Waals surface area contributed by atoms with Gasteiger partial charge in [0.1, 0.15) is 18.4 Å². The number of benzene rings is 2. The number of unbranched alkanes of at least 4 members (excludes halogenated alkanes) is 1. The molecule has 0 unspecified atom stereocenters. The van der Waals surface area contributed by atoms with Crippen LogP contribution in [0.4, 0.5) is 0 Å². The van der Waals surface area contributed by atoms with Gasteiger partial charge in [-0.2, -0.15) is 0 Å². The normalized spacial score (nSPS) is 15.8. The van der Waals surface area contributed by atoms with Crippen LogP contribution in [-0.4, -0.2) is 48.4 Å². The molecular weight excluding hydrogens is 396 g/mol. The van der Waals surface area contributed by atoms with Crippen LogP contribution in [0.15, 0.2) is 54.6 Å². The van der Waals surface area contributed by atoms with Crippen LogP contribution >= 0.6 is 0 Å². The third-order valence-corrected chi connectivity index (χ3v) is 5.07. The number of carbonyl (C=O) groups is 3. The molecule has 3 rings (SSSR count). The van der Waals surface area contributed by atoms with Gasteiger partial charge in [-0.15, -0.1) is 0 Å². The zero-order valence-electron chi connectivity index (χ0n) is 17.7. The van der Waals surface area contributed by atoms with E-state index in [2.05, 4.69) is 5.32 Å². The summed E-state index contributed by atoms with van der Waals surface area (Å²) < 4.78 is 11.1. The third-order valence-electron chi connectivity index (χ3n) is 5.07. The van der Waals surface area contributed by atoms with Gasteiger partial charge in [-0.05, 0) is 24.1 Å². The quantitative estimate of drug-likeness (QED) is 0.494. The lowest BCUT2D eigenvalue weighted by molar-refractivity contribution is -0.147. The lowest BCUT2D eigenvalue weighted by atomic mass is 10.1.